The lowest BCUT2D eigenvalue weighted by Gasteiger charge is -2.11. The highest BCUT2D eigenvalue weighted by Crippen LogP contribution is 2.20. The van der Waals surface area contributed by atoms with Crippen LogP contribution in [0.15, 0.2) is 41.9 Å². The molecular formula is C11H13N5O2S. The first-order valence-electron chi connectivity index (χ1n) is 5.60. The summed E-state index contributed by atoms with van der Waals surface area (Å²) in [4.78, 5) is 11.6. The number of nitrogens with zero attached hydrogens (tertiary/aromatic N) is 3. The molecule has 2 N–H and O–H groups in total. The van der Waals surface area contributed by atoms with Gasteiger partial charge in [-0.3, -0.25) is 4.72 Å². The van der Waals surface area contributed by atoms with Crippen molar-refractivity contribution in [3.8, 4) is 0 Å². The van der Waals surface area contributed by atoms with Crippen molar-refractivity contribution < 1.29 is 8.42 Å². The highest BCUT2D eigenvalue weighted by atomic mass is 32.2. The van der Waals surface area contributed by atoms with Crippen molar-refractivity contribution >= 4 is 21.5 Å². The molecule has 2 rings (SSSR count). The minimum atomic E-state index is -3.72. The molecule has 0 aliphatic carbocycles. The van der Waals surface area contributed by atoms with Gasteiger partial charge in [0.15, 0.2) is 0 Å². The second kappa shape index (κ2) is 5.61. The first kappa shape index (κ1) is 13.2. The van der Waals surface area contributed by atoms with Gasteiger partial charge in [-0.05, 0) is 19.1 Å². The Balaban J connectivity index is 2.35. The van der Waals surface area contributed by atoms with Crippen molar-refractivity contribution in [2.24, 2.45) is 0 Å². The van der Waals surface area contributed by atoms with Crippen molar-refractivity contribution in [3.05, 3.63) is 37.1 Å². The summed E-state index contributed by atoms with van der Waals surface area (Å²) in [5, 5.41) is 2.91. The van der Waals surface area contributed by atoms with Gasteiger partial charge in [0, 0.05) is 12.7 Å². The van der Waals surface area contributed by atoms with Gasteiger partial charge in [-0.2, -0.15) is 0 Å². The molecule has 0 unspecified atom stereocenters. The lowest BCUT2D eigenvalue weighted by atomic mass is 10.4. The fourth-order valence-corrected chi connectivity index (χ4v) is 2.63. The molecule has 2 heterocycles. The van der Waals surface area contributed by atoms with E-state index in [9.17, 15) is 8.42 Å². The molecule has 0 saturated carbocycles. The standard InChI is InChI=1S/C11H13N5O2S/c1-2-14-11-10(4-3-5-15-11)19(17,18)16-9-6-12-8-13-7-9/h3-8,16H,2H2,1H3,(H,14,15). The number of hydrogen-bond donors (Lipinski definition) is 2. The number of nitrogens with one attached hydrogen (secondary N) is 2. The van der Waals surface area contributed by atoms with Gasteiger partial charge in [0.25, 0.3) is 10.0 Å². The van der Waals surface area contributed by atoms with Crippen molar-refractivity contribution in [2.75, 3.05) is 16.6 Å². The molecule has 0 aliphatic rings. The summed E-state index contributed by atoms with van der Waals surface area (Å²) in [6, 6.07) is 3.05. The number of aromatic nitrogens is 3. The minimum Gasteiger partial charge on any atom is -0.369 e. The Morgan fingerprint density at radius 1 is 1.26 bits per heavy atom. The Kier molecular flexibility index (Phi) is 3.91. The smallest absolute Gasteiger partial charge is 0.265 e. The SMILES string of the molecule is CCNc1ncccc1S(=O)(=O)Nc1cncnc1. The molecule has 0 amide bonds. The predicted octanol–water partition coefficient (Wildman–Crippen LogP) is 1.10. The maximum absolute atomic E-state index is 12.3. The zero-order chi connectivity index (χ0) is 13.7. The second-order valence-corrected chi connectivity index (χ2v) is 5.26. The summed E-state index contributed by atoms with van der Waals surface area (Å²) < 4.78 is 26.9. The highest BCUT2D eigenvalue weighted by molar-refractivity contribution is 7.92. The van der Waals surface area contributed by atoms with Gasteiger partial charge in [-0.25, -0.2) is 23.4 Å². The van der Waals surface area contributed by atoms with E-state index in [-0.39, 0.29) is 4.90 Å². The van der Waals surface area contributed by atoms with Gasteiger partial charge < -0.3 is 5.32 Å². The normalized spacial score (nSPS) is 11.0. The topological polar surface area (TPSA) is 96.9 Å². The summed E-state index contributed by atoms with van der Waals surface area (Å²) in [6.45, 7) is 2.44. The zero-order valence-electron chi connectivity index (χ0n) is 10.2. The van der Waals surface area contributed by atoms with Gasteiger partial charge >= 0.3 is 0 Å². The monoisotopic (exact) mass is 279 g/mol. The van der Waals surface area contributed by atoms with Crippen molar-refractivity contribution in [1.29, 1.82) is 0 Å². The Bertz CT molecular complexity index is 645. The van der Waals surface area contributed by atoms with Gasteiger partial charge in [0.1, 0.15) is 17.0 Å². The molecule has 0 bridgehead atoms. The van der Waals surface area contributed by atoms with Gasteiger partial charge in [0.2, 0.25) is 0 Å². The quantitative estimate of drug-likeness (QED) is 0.850. The molecule has 0 aromatic carbocycles. The number of rotatable bonds is 5. The maximum Gasteiger partial charge on any atom is 0.265 e. The van der Waals surface area contributed by atoms with E-state index in [2.05, 4.69) is 25.0 Å². The van der Waals surface area contributed by atoms with Crippen LogP contribution < -0.4 is 10.0 Å². The number of hydrogen-bond acceptors (Lipinski definition) is 6. The van der Waals surface area contributed by atoms with Gasteiger partial charge in [-0.1, -0.05) is 0 Å². The van der Waals surface area contributed by atoms with Gasteiger partial charge in [-0.15, -0.1) is 0 Å². The lowest BCUT2D eigenvalue weighted by molar-refractivity contribution is 0.601. The molecule has 100 valence electrons. The van der Waals surface area contributed by atoms with E-state index in [1.165, 1.54) is 31.0 Å². The van der Waals surface area contributed by atoms with Crippen LogP contribution in [0.3, 0.4) is 0 Å². The first-order valence-corrected chi connectivity index (χ1v) is 7.08. The van der Waals surface area contributed by atoms with Crippen LogP contribution in [-0.4, -0.2) is 29.9 Å². The molecule has 0 aliphatic heterocycles. The summed E-state index contributed by atoms with van der Waals surface area (Å²) in [5.74, 6) is 0.314. The third-order valence-corrected chi connectivity index (χ3v) is 3.63. The van der Waals surface area contributed by atoms with Crippen LogP contribution in [0.4, 0.5) is 11.5 Å². The minimum absolute atomic E-state index is 0.0840. The molecule has 0 spiro atoms. The van der Waals surface area contributed by atoms with E-state index >= 15 is 0 Å². The zero-order valence-corrected chi connectivity index (χ0v) is 11.1. The van der Waals surface area contributed by atoms with E-state index in [0.29, 0.717) is 18.1 Å². The average Bonchev–Trinajstić information content (AvgIpc) is 2.40. The van der Waals surface area contributed by atoms with E-state index in [0.717, 1.165) is 0 Å². The second-order valence-electron chi connectivity index (χ2n) is 3.61. The Morgan fingerprint density at radius 2 is 2.00 bits per heavy atom. The molecule has 8 heteroatoms. The van der Waals surface area contributed by atoms with Gasteiger partial charge in [0.05, 0.1) is 18.1 Å². The van der Waals surface area contributed by atoms with Crippen LogP contribution in [0.1, 0.15) is 6.92 Å². The third kappa shape index (κ3) is 3.16. The first-order chi connectivity index (χ1) is 9.13. The summed E-state index contributed by atoms with van der Waals surface area (Å²) in [7, 11) is -3.72. The average molecular weight is 279 g/mol. The fourth-order valence-electron chi connectivity index (χ4n) is 1.47. The van der Waals surface area contributed by atoms with Crippen molar-refractivity contribution in [3.63, 3.8) is 0 Å². The number of sulfonamides is 1. The van der Waals surface area contributed by atoms with E-state index in [1.807, 2.05) is 6.92 Å². The lowest BCUT2D eigenvalue weighted by Crippen LogP contribution is -2.16. The van der Waals surface area contributed by atoms with Crippen LogP contribution in [0, 0.1) is 0 Å². The Hall–Kier alpha value is -2.22. The molecule has 0 radical (unpaired) electrons. The maximum atomic E-state index is 12.3. The summed E-state index contributed by atoms with van der Waals surface area (Å²) in [6.07, 6.45) is 5.62. The van der Waals surface area contributed by atoms with Crippen molar-refractivity contribution in [2.45, 2.75) is 11.8 Å². The Labute approximate surface area is 111 Å². The van der Waals surface area contributed by atoms with Crippen LogP contribution >= 0.6 is 0 Å². The largest absolute Gasteiger partial charge is 0.369 e. The number of pyridine rings is 1. The van der Waals surface area contributed by atoms with Crippen LogP contribution in [-0.2, 0) is 10.0 Å². The predicted molar refractivity (Wildman–Crippen MR) is 71.2 cm³/mol. The molecule has 0 atom stereocenters. The third-order valence-electron chi connectivity index (χ3n) is 2.22. The van der Waals surface area contributed by atoms with E-state index < -0.39 is 10.0 Å². The molecule has 2 aromatic heterocycles. The fraction of sp³-hybridized carbons (Fsp3) is 0.182. The molecular weight excluding hydrogens is 266 g/mol. The van der Waals surface area contributed by atoms with Crippen LogP contribution in [0.2, 0.25) is 0 Å². The number of anilines is 2. The molecule has 0 saturated heterocycles. The van der Waals surface area contributed by atoms with E-state index in [1.54, 1.807) is 6.07 Å². The Morgan fingerprint density at radius 3 is 2.68 bits per heavy atom. The molecule has 7 nitrogen and oxygen atoms in total. The highest BCUT2D eigenvalue weighted by Gasteiger charge is 2.19. The summed E-state index contributed by atoms with van der Waals surface area (Å²) >= 11 is 0. The summed E-state index contributed by atoms with van der Waals surface area (Å²) in [5.41, 5.74) is 0.300. The van der Waals surface area contributed by atoms with Crippen LogP contribution in [0.5, 0.6) is 0 Å². The molecule has 19 heavy (non-hydrogen) atoms. The van der Waals surface area contributed by atoms with E-state index in [4.69, 9.17) is 0 Å². The molecule has 2 aromatic rings. The van der Waals surface area contributed by atoms with Crippen LogP contribution in [0.25, 0.3) is 0 Å². The molecule has 0 fully saturated rings. The van der Waals surface area contributed by atoms with Crippen molar-refractivity contribution in [1.82, 2.24) is 15.0 Å².